The average molecular weight is 236 g/mol. The molecule has 0 radical (unpaired) electrons. The number of hydrogen-bond donors (Lipinski definition) is 1. The van der Waals surface area contributed by atoms with Gasteiger partial charge in [0.05, 0.1) is 18.8 Å². The Hall–Kier alpha value is -1.52. The van der Waals surface area contributed by atoms with E-state index in [9.17, 15) is 0 Å². The second-order valence-electron chi connectivity index (χ2n) is 4.35. The molecule has 1 aliphatic rings. The van der Waals surface area contributed by atoms with Crippen LogP contribution in [-0.2, 0) is 13.0 Å². The smallest absolute Gasteiger partial charge is 0.194 e. The summed E-state index contributed by atoms with van der Waals surface area (Å²) in [4.78, 5) is 10.9. The van der Waals surface area contributed by atoms with Gasteiger partial charge >= 0.3 is 0 Å². The number of likely N-dealkylation sites (N-methyl/N-ethyl adjacent to an activating group) is 1. The number of oxazole rings is 1. The van der Waals surface area contributed by atoms with Crippen LogP contribution >= 0.6 is 0 Å². The van der Waals surface area contributed by atoms with Gasteiger partial charge in [0.1, 0.15) is 5.76 Å². The molecule has 2 heterocycles. The van der Waals surface area contributed by atoms with Crippen molar-refractivity contribution in [2.24, 2.45) is 4.99 Å². The number of rotatable bonds is 4. The topological polar surface area (TPSA) is 53.7 Å². The van der Waals surface area contributed by atoms with Crippen molar-refractivity contribution in [2.45, 2.75) is 33.2 Å². The lowest BCUT2D eigenvalue weighted by molar-refractivity contribution is 0.442. The van der Waals surface area contributed by atoms with Crippen LogP contribution in [-0.4, -0.2) is 36.0 Å². The Balaban J connectivity index is 1.94. The molecule has 2 rings (SSSR count). The molecule has 0 spiro atoms. The molecule has 17 heavy (non-hydrogen) atoms. The second-order valence-corrected chi connectivity index (χ2v) is 4.35. The first kappa shape index (κ1) is 12.0. The first-order chi connectivity index (χ1) is 8.20. The lowest BCUT2D eigenvalue weighted by Crippen LogP contribution is -2.35. The molecule has 1 aromatic heterocycles. The zero-order chi connectivity index (χ0) is 12.3. The maximum atomic E-state index is 5.70. The standard InChI is InChI=1S/C12H20N4O/c1-4-5-11-15-9(2)10(17-11)8-14-12-13-6-7-16(12)3/h4-8H2,1-3H3,(H,13,14). The van der Waals surface area contributed by atoms with Crippen molar-refractivity contribution >= 4 is 5.96 Å². The van der Waals surface area contributed by atoms with E-state index in [1.807, 2.05) is 14.0 Å². The third-order valence-electron chi connectivity index (χ3n) is 2.87. The van der Waals surface area contributed by atoms with Crippen LogP contribution < -0.4 is 5.32 Å². The molecule has 0 amide bonds. The summed E-state index contributed by atoms with van der Waals surface area (Å²) in [6.45, 7) is 6.62. The minimum Gasteiger partial charge on any atom is -0.444 e. The zero-order valence-corrected chi connectivity index (χ0v) is 10.8. The third-order valence-corrected chi connectivity index (χ3v) is 2.87. The molecule has 5 heteroatoms. The predicted octanol–water partition coefficient (Wildman–Crippen LogP) is 1.33. The van der Waals surface area contributed by atoms with Gasteiger partial charge in [-0.25, -0.2) is 4.98 Å². The molecule has 0 bridgehead atoms. The fraction of sp³-hybridized carbons (Fsp3) is 0.667. The van der Waals surface area contributed by atoms with Gasteiger partial charge in [0.2, 0.25) is 0 Å². The maximum absolute atomic E-state index is 5.70. The predicted molar refractivity (Wildman–Crippen MR) is 67.0 cm³/mol. The highest BCUT2D eigenvalue weighted by atomic mass is 16.4. The van der Waals surface area contributed by atoms with E-state index < -0.39 is 0 Å². The van der Waals surface area contributed by atoms with Crippen molar-refractivity contribution in [3.8, 4) is 0 Å². The fourth-order valence-electron chi connectivity index (χ4n) is 1.86. The quantitative estimate of drug-likeness (QED) is 0.857. The zero-order valence-electron chi connectivity index (χ0n) is 10.8. The van der Waals surface area contributed by atoms with E-state index in [1.165, 1.54) is 0 Å². The Morgan fingerprint density at radius 3 is 2.94 bits per heavy atom. The molecule has 0 fully saturated rings. The molecule has 0 saturated carbocycles. The highest BCUT2D eigenvalue weighted by Gasteiger charge is 2.14. The highest BCUT2D eigenvalue weighted by Crippen LogP contribution is 2.11. The second kappa shape index (κ2) is 5.21. The number of nitrogens with one attached hydrogen (secondary N) is 1. The summed E-state index contributed by atoms with van der Waals surface area (Å²) in [6, 6.07) is 0. The Kier molecular flexibility index (Phi) is 3.66. The van der Waals surface area contributed by atoms with Crippen molar-refractivity contribution < 1.29 is 4.42 Å². The summed E-state index contributed by atoms with van der Waals surface area (Å²) in [5.41, 5.74) is 0.974. The van der Waals surface area contributed by atoms with Gasteiger partial charge in [0.25, 0.3) is 0 Å². The number of aliphatic imine (C=N–C) groups is 1. The van der Waals surface area contributed by atoms with Crippen molar-refractivity contribution in [1.29, 1.82) is 0 Å². The molecular formula is C12H20N4O. The minimum absolute atomic E-state index is 0.658. The van der Waals surface area contributed by atoms with Crippen LogP contribution in [0.15, 0.2) is 9.41 Å². The van der Waals surface area contributed by atoms with Crippen LogP contribution in [0.2, 0.25) is 0 Å². The lowest BCUT2D eigenvalue weighted by atomic mass is 10.3. The van der Waals surface area contributed by atoms with Crippen molar-refractivity contribution in [3.05, 3.63) is 17.3 Å². The van der Waals surface area contributed by atoms with E-state index in [0.717, 1.165) is 49.2 Å². The lowest BCUT2D eigenvalue weighted by Gasteiger charge is -2.14. The molecule has 0 aromatic carbocycles. The van der Waals surface area contributed by atoms with Gasteiger partial charge in [-0.05, 0) is 13.3 Å². The van der Waals surface area contributed by atoms with Crippen LogP contribution in [0, 0.1) is 6.92 Å². The van der Waals surface area contributed by atoms with Gasteiger partial charge in [-0.2, -0.15) is 0 Å². The number of aryl methyl sites for hydroxylation is 2. The van der Waals surface area contributed by atoms with Gasteiger partial charge in [-0.1, -0.05) is 6.92 Å². The molecule has 1 aromatic rings. The monoisotopic (exact) mass is 236 g/mol. The van der Waals surface area contributed by atoms with Gasteiger partial charge < -0.3 is 14.6 Å². The average Bonchev–Trinajstić information content (AvgIpc) is 2.83. The summed E-state index contributed by atoms with van der Waals surface area (Å²) in [7, 11) is 2.04. The normalized spacial score (nSPS) is 15.2. The third kappa shape index (κ3) is 2.78. The molecule has 0 aliphatic carbocycles. The fourth-order valence-corrected chi connectivity index (χ4v) is 1.86. The number of aromatic nitrogens is 1. The molecule has 5 nitrogen and oxygen atoms in total. The van der Waals surface area contributed by atoms with Gasteiger partial charge in [0.15, 0.2) is 11.9 Å². The molecule has 1 N–H and O–H groups in total. The summed E-state index contributed by atoms with van der Waals surface area (Å²) in [5.74, 6) is 2.69. The van der Waals surface area contributed by atoms with Crippen LogP contribution in [0.3, 0.4) is 0 Å². The summed E-state index contributed by atoms with van der Waals surface area (Å²) in [5, 5.41) is 3.29. The Morgan fingerprint density at radius 2 is 2.29 bits per heavy atom. The van der Waals surface area contributed by atoms with Crippen LogP contribution in [0.5, 0.6) is 0 Å². The number of guanidine groups is 1. The Labute approximate surface area is 102 Å². The molecule has 1 aliphatic heterocycles. The highest BCUT2D eigenvalue weighted by molar-refractivity contribution is 5.81. The SMILES string of the molecule is CCCc1nc(C)c(CNC2=NCCN2C)o1. The van der Waals surface area contributed by atoms with Gasteiger partial charge in [0, 0.05) is 20.0 Å². The van der Waals surface area contributed by atoms with Crippen LogP contribution in [0.4, 0.5) is 0 Å². The van der Waals surface area contributed by atoms with E-state index in [1.54, 1.807) is 0 Å². The molecule has 0 unspecified atom stereocenters. The Bertz CT molecular complexity index is 411. The van der Waals surface area contributed by atoms with Crippen LogP contribution in [0.1, 0.15) is 30.7 Å². The van der Waals surface area contributed by atoms with E-state index >= 15 is 0 Å². The summed E-state index contributed by atoms with van der Waals surface area (Å²) < 4.78 is 5.70. The summed E-state index contributed by atoms with van der Waals surface area (Å²) >= 11 is 0. The molecule has 94 valence electrons. The molecular weight excluding hydrogens is 216 g/mol. The van der Waals surface area contributed by atoms with Crippen molar-refractivity contribution in [2.75, 3.05) is 20.1 Å². The first-order valence-corrected chi connectivity index (χ1v) is 6.15. The van der Waals surface area contributed by atoms with E-state index in [4.69, 9.17) is 4.42 Å². The number of hydrogen-bond acceptors (Lipinski definition) is 5. The van der Waals surface area contributed by atoms with E-state index in [2.05, 4.69) is 27.1 Å². The van der Waals surface area contributed by atoms with Gasteiger partial charge in [-0.15, -0.1) is 0 Å². The Morgan fingerprint density at radius 1 is 1.47 bits per heavy atom. The number of nitrogens with zero attached hydrogens (tertiary/aromatic N) is 3. The van der Waals surface area contributed by atoms with E-state index in [-0.39, 0.29) is 0 Å². The van der Waals surface area contributed by atoms with Crippen molar-refractivity contribution in [3.63, 3.8) is 0 Å². The first-order valence-electron chi connectivity index (χ1n) is 6.15. The minimum atomic E-state index is 0.658. The summed E-state index contributed by atoms with van der Waals surface area (Å²) in [6.07, 6.45) is 1.96. The maximum Gasteiger partial charge on any atom is 0.194 e. The van der Waals surface area contributed by atoms with Crippen molar-refractivity contribution in [1.82, 2.24) is 15.2 Å². The molecule has 0 saturated heterocycles. The largest absolute Gasteiger partial charge is 0.444 e. The van der Waals surface area contributed by atoms with E-state index in [0.29, 0.717) is 6.54 Å². The van der Waals surface area contributed by atoms with Gasteiger partial charge in [-0.3, -0.25) is 4.99 Å². The molecule has 0 atom stereocenters. The van der Waals surface area contributed by atoms with Crippen LogP contribution in [0.25, 0.3) is 0 Å².